The summed E-state index contributed by atoms with van der Waals surface area (Å²) in [5, 5.41) is 11.4. The third kappa shape index (κ3) is 2.73. The SMILES string of the molecule is C[C@H]1[C@@H]2[C@@H]3[C@H](CC[C@@](C)(O)[C@@H]2C[C@@H]1O[Si](C)(C)C(C)(C)C)C3(C)C. The molecule has 3 aliphatic carbocycles. The standard InChI is InChI=1S/C21H40O2Si/c1-13-16(23-24(8,9)19(2,3)4)12-15-17(13)18-14(20(18,5)6)10-11-21(15,7)22/h13-18,22H,10-12H2,1-9H3/t13-,14+,15-,16+,17+,18+,21-/m1/s1. The Morgan fingerprint density at radius 1 is 1.08 bits per heavy atom. The highest BCUT2D eigenvalue weighted by Gasteiger charge is 2.68. The van der Waals surface area contributed by atoms with Crippen molar-refractivity contribution in [2.75, 3.05) is 0 Å². The van der Waals surface area contributed by atoms with Gasteiger partial charge in [0.15, 0.2) is 8.32 Å². The molecular formula is C21H40O2Si. The first kappa shape index (κ1) is 18.9. The fraction of sp³-hybridized carbons (Fsp3) is 1.00. The highest BCUT2D eigenvalue weighted by atomic mass is 28.4. The molecule has 2 nitrogen and oxygen atoms in total. The molecule has 0 radical (unpaired) electrons. The predicted octanol–water partition coefficient (Wildman–Crippen LogP) is 5.47. The van der Waals surface area contributed by atoms with Crippen molar-refractivity contribution in [3.05, 3.63) is 0 Å². The van der Waals surface area contributed by atoms with E-state index >= 15 is 0 Å². The largest absolute Gasteiger partial charge is 0.414 e. The Morgan fingerprint density at radius 3 is 2.21 bits per heavy atom. The lowest BCUT2D eigenvalue weighted by atomic mass is 9.74. The van der Waals surface area contributed by atoms with Crippen LogP contribution in [-0.2, 0) is 4.43 Å². The van der Waals surface area contributed by atoms with Crippen molar-refractivity contribution in [3.63, 3.8) is 0 Å². The zero-order valence-electron chi connectivity index (χ0n) is 17.4. The molecule has 3 saturated carbocycles. The molecule has 7 atom stereocenters. The number of fused-ring (bicyclic) bond motifs is 3. The Bertz CT molecular complexity index is 502. The van der Waals surface area contributed by atoms with Crippen molar-refractivity contribution in [1.82, 2.24) is 0 Å². The Hall–Kier alpha value is 0.137. The molecule has 0 aromatic carbocycles. The molecule has 140 valence electrons. The molecule has 0 aromatic heterocycles. The topological polar surface area (TPSA) is 29.5 Å². The molecule has 3 aliphatic rings. The van der Waals surface area contributed by atoms with Crippen LogP contribution in [0.3, 0.4) is 0 Å². The van der Waals surface area contributed by atoms with E-state index in [1.807, 2.05) is 0 Å². The Balaban J connectivity index is 1.85. The van der Waals surface area contributed by atoms with E-state index < -0.39 is 13.9 Å². The van der Waals surface area contributed by atoms with E-state index in [4.69, 9.17) is 4.43 Å². The third-order valence-electron chi connectivity index (χ3n) is 8.71. The first-order chi connectivity index (χ1) is 10.7. The summed E-state index contributed by atoms with van der Waals surface area (Å²) in [7, 11) is -1.76. The molecule has 0 aliphatic heterocycles. The summed E-state index contributed by atoms with van der Waals surface area (Å²) in [5.74, 6) is 3.23. The van der Waals surface area contributed by atoms with Gasteiger partial charge in [-0.05, 0) is 79.3 Å². The van der Waals surface area contributed by atoms with Crippen LogP contribution in [0.1, 0.15) is 67.7 Å². The van der Waals surface area contributed by atoms with Gasteiger partial charge < -0.3 is 9.53 Å². The normalized spacial score (nSPS) is 47.8. The van der Waals surface area contributed by atoms with Crippen molar-refractivity contribution < 1.29 is 9.53 Å². The summed E-state index contributed by atoms with van der Waals surface area (Å²) >= 11 is 0. The van der Waals surface area contributed by atoms with Crippen LogP contribution in [-0.4, -0.2) is 25.1 Å². The summed E-state index contributed by atoms with van der Waals surface area (Å²) < 4.78 is 6.86. The second-order valence-electron chi connectivity index (χ2n) is 11.5. The lowest BCUT2D eigenvalue weighted by Crippen LogP contribution is -2.45. The summed E-state index contributed by atoms with van der Waals surface area (Å²) in [6.07, 6.45) is 3.57. The fourth-order valence-corrected chi connectivity index (χ4v) is 7.35. The van der Waals surface area contributed by atoms with Crippen molar-refractivity contribution in [2.45, 2.75) is 97.6 Å². The quantitative estimate of drug-likeness (QED) is 0.668. The lowest BCUT2D eigenvalue weighted by Gasteiger charge is -2.40. The molecule has 24 heavy (non-hydrogen) atoms. The minimum Gasteiger partial charge on any atom is -0.414 e. The Morgan fingerprint density at radius 2 is 1.67 bits per heavy atom. The zero-order valence-corrected chi connectivity index (χ0v) is 18.4. The maximum Gasteiger partial charge on any atom is 0.192 e. The van der Waals surface area contributed by atoms with E-state index in [2.05, 4.69) is 61.6 Å². The van der Waals surface area contributed by atoms with Crippen LogP contribution in [0.15, 0.2) is 0 Å². The van der Waals surface area contributed by atoms with Gasteiger partial charge in [0.2, 0.25) is 0 Å². The molecule has 0 unspecified atom stereocenters. The van der Waals surface area contributed by atoms with Gasteiger partial charge in [0, 0.05) is 6.10 Å². The first-order valence-electron chi connectivity index (χ1n) is 10.1. The smallest absolute Gasteiger partial charge is 0.192 e. The molecule has 0 saturated heterocycles. The van der Waals surface area contributed by atoms with E-state index in [-0.39, 0.29) is 5.04 Å². The van der Waals surface area contributed by atoms with Gasteiger partial charge in [-0.2, -0.15) is 0 Å². The molecule has 0 aromatic rings. The van der Waals surface area contributed by atoms with E-state index in [9.17, 15) is 5.11 Å². The minimum absolute atomic E-state index is 0.251. The summed E-state index contributed by atoms with van der Waals surface area (Å²) in [6, 6.07) is 0. The van der Waals surface area contributed by atoms with E-state index in [0.29, 0.717) is 29.3 Å². The molecule has 0 bridgehead atoms. The van der Waals surface area contributed by atoms with E-state index in [0.717, 1.165) is 24.7 Å². The van der Waals surface area contributed by atoms with Gasteiger partial charge >= 0.3 is 0 Å². The third-order valence-corrected chi connectivity index (χ3v) is 13.2. The molecule has 0 heterocycles. The average molecular weight is 353 g/mol. The molecule has 0 spiro atoms. The van der Waals surface area contributed by atoms with Crippen LogP contribution < -0.4 is 0 Å². The monoisotopic (exact) mass is 352 g/mol. The van der Waals surface area contributed by atoms with E-state index in [1.54, 1.807) is 0 Å². The number of hydrogen-bond acceptors (Lipinski definition) is 2. The van der Waals surface area contributed by atoms with Gasteiger partial charge in [-0.3, -0.25) is 0 Å². The van der Waals surface area contributed by atoms with Crippen LogP contribution >= 0.6 is 0 Å². The first-order valence-corrected chi connectivity index (χ1v) is 13.0. The second kappa shape index (κ2) is 5.33. The Kier molecular flexibility index (Phi) is 4.20. The van der Waals surface area contributed by atoms with Crippen LogP contribution in [0.4, 0.5) is 0 Å². The molecule has 0 amide bonds. The van der Waals surface area contributed by atoms with Gasteiger partial charge in [0.05, 0.1) is 5.60 Å². The van der Waals surface area contributed by atoms with Crippen molar-refractivity contribution >= 4 is 8.32 Å². The van der Waals surface area contributed by atoms with Gasteiger partial charge in [-0.1, -0.05) is 41.5 Å². The summed E-state index contributed by atoms with van der Waals surface area (Å²) in [4.78, 5) is 0. The maximum atomic E-state index is 11.2. The van der Waals surface area contributed by atoms with Crippen molar-refractivity contribution in [1.29, 1.82) is 0 Å². The van der Waals surface area contributed by atoms with Gasteiger partial charge in [-0.25, -0.2) is 0 Å². The molecular weight excluding hydrogens is 312 g/mol. The van der Waals surface area contributed by atoms with Crippen LogP contribution in [0, 0.1) is 35.0 Å². The predicted molar refractivity (Wildman–Crippen MR) is 103 cm³/mol. The highest BCUT2D eigenvalue weighted by Crippen LogP contribution is 2.71. The number of rotatable bonds is 2. The fourth-order valence-electron chi connectivity index (χ4n) is 5.93. The maximum absolute atomic E-state index is 11.2. The van der Waals surface area contributed by atoms with Gasteiger partial charge in [-0.15, -0.1) is 0 Å². The summed E-state index contributed by atoms with van der Waals surface area (Å²) in [6.45, 7) is 21.1. The van der Waals surface area contributed by atoms with Crippen molar-refractivity contribution in [2.24, 2.45) is 35.0 Å². The Labute approximate surface area is 150 Å². The van der Waals surface area contributed by atoms with Crippen LogP contribution in [0.2, 0.25) is 18.1 Å². The highest BCUT2D eigenvalue weighted by molar-refractivity contribution is 6.74. The molecule has 1 N–H and O–H groups in total. The molecule has 3 fully saturated rings. The van der Waals surface area contributed by atoms with Crippen LogP contribution in [0.5, 0.6) is 0 Å². The number of hydrogen-bond donors (Lipinski definition) is 1. The zero-order chi connectivity index (χ0) is 18.3. The van der Waals surface area contributed by atoms with Gasteiger partial charge in [0.25, 0.3) is 0 Å². The molecule has 3 heteroatoms. The average Bonchev–Trinajstić information content (AvgIpc) is 2.83. The number of aliphatic hydroxyl groups is 1. The van der Waals surface area contributed by atoms with E-state index in [1.165, 1.54) is 6.42 Å². The second-order valence-corrected chi connectivity index (χ2v) is 16.3. The van der Waals surface area contributed by atoms with Crippen LogP contribution in [0.25, 0.3) is 0 Å². The summed E-state index contributed by atoms with van der Waals surface area (Å²) in [5.41, 5.74) is -0.0342. The minimum atomic E-state index is -1.76. The molecule has 3 rings (SSSR count). The van der Waals surface area contributed by atoms with Gasteiger partial charge in [0.1, 0.15) is 0 Å². The van der Waals surface area contributed by atoms with Crippen molar-refractivity contribution in [3.8, 4) is 0 Å². The lowest BCUT2D eigenvalue weighted by molar-refractivity contribution is -0.0308.